The first-order chi connectivity index (χ1) is 21.6. The van der Waals surface area contributed by atoms with Gasteiger partial charge in [0.15, 0.2) is 15.7 Å². The van der Waals surface area contributed by atoms with Gasteiger partial charge in [0.1, 0.15) is 18.3 Å². The van der Waals surface area contributed by atoms with Crippen molar-refractivity contribution >= 4 is 37.2 Å². The predicted molar refractivity (Wildman–Crippen MR) is 168 cm³/mol. The van der Waals surface area contributed by atoms with Gasteiger partial charge in [0.25, 0.3) is 10.0 Å². The van der Waals surface area contributed by atoms with E-state index in [2.05, 4.69) is 41.0 Å². The topological polar surface area (TPSA) is 174 Å². The van der Waals surface area contributed by atoms with E-state index in [0.717, 1.165) is 41.7 Å². The second-order valence-electron chi connectivity index (χ2n) is 11.3. The van der Waals surface area contributed by atoms with Gasteiger partial charge < -0.3 is 16.0 Å². The molecule has 4 heterocycles. The Kier molecular flexibility index (Phi) is 8.79. The molecule has 0 aliphatic heterocycles. The molecule has 2 aliphatic rings. The van der Waals surface area contributed by atoms with Crippen molar-refractivity contribution in [1.29, 1.82) is 0 Å². The number of anilines is 3. The number of hydrogen-bond acceptors (Lipinski definition) is 12. The lowest BCUT2D eigenvalue weighted by atomic mass is 9.90. The Labute approximate surface area is 261 Å². The molecule has 0 radical (unpaired) electrons. The fourth-order valence-corrected chi connectivity index (χ4v) is 7.34. The molecule has 13 nitrogen and oxygen atoms in total. The number of rotatable bonds is 12. The molecule has 0 unspecified atom stereocenters. The summed E-state index contributed by atoms with van der Waals surface area (Å²) in [6, 6.07) is 7.14. The Morgan fingerprint density at radius 3 is 2.38 bits per heavy atom. The van der Waals surface area contributed by atoms with Gasteiger partial charge in [-0.2, -0.15) is 9.19 Å². The van der Waals surface area contributed by atoms with Crippen molar-refractivity contribution in [3.63, 3.8) is 0 Å². The summed E-state index contributed by atoms with van der Waals surface area (Å²) in [6.45, 7) is -0.0344. The van der Waals surface area contributed by atoms with Gasteiger partial charge in [0.05, 0.1) is 33.8 Å². The van der Waals surface area contributed by atoms with Crippen LogP contribution in [0.15, 0.2) is 60.1 Å². The molecular weight excluding hydrogens is 622 g/mol. The normalized spacial score (nSPS) is 18.9. The van der Waals surface area contributed by atoms with Crippen LogP contribution in [0.5, 0.6) is 0 Å². The third kappa shape index (κ3) is 7.28. The fourth-order valence-electron chi connectivity index (χ4n) is 5.30. The van der Waals surface area contributed by atoms with Crippen LogP contribution in [-0.4, -0.2) is 82.8 Å². The maximum absolute atomic E-state index is 12.6. The molecule has 0 aromatic carbocycles. The number of pyridine rings is 2. The molecule has 0 amide bonds. The second kappa shape index (κ2) is 12.8. The van der Waals surface area contributed by atoms with Crippen LogP contribution in [0, 0.1) is 0 Å². The Bertz CT molecular complexity index is 1870. The van der Waals surface area contributed by atoms with Crippen LogP contribution in [0.4, 0.5) is 21.7 Å². The number of sulfone groups is 1. The highest BCUT2D eigenvalue weighted by atomic mass is 32.2. The van der Waals surface area contributed by atoms with Gasteiger partial charge in [-0.05, 0) is 56.7 Å². The predicted octanol–water partition coefficient (Wildman–Crippen LogP) is 3.57. The van der Waals surface area contributed by atoms with E-state index in [4.69, 9.17) is 0 Å². The largest absolute Gasteiger partial charge is 0.382 e. The van der Waals surface area contributed by atoms with E-state index in [9.17, 15) is 21.2 Å². The van der Waals surface area contributed by atoms with Crippen molar-refractivity contribution in [2.75, 3.05) is 30.1 Å². The lowest BCUT2D eigenvalue weighted by Crippen LogP contribution is -2.37. The van der Waals surface area contributed by atoms with Crippen LogP contribution >= 0.6 is 0 Å². The van der Waals surface area contributed by atoms with E-state index in [0.29, 0.717) is 53.7 Å². The third-order valence-corrected chi connectivity index (χ3v) is 11.0. The minimum atomic E-state index is -3.51. The molecule has 4 aromatic rings. The summed E-state index contributed by atoms with van der Waals surface area (Å²) in [5, 5.41) is 13.7. The van der Waals surface area contributed by atoms with Crippen LogP contribution in [-0.2, 0) is 19.9 Å². The van der Waals surface area contributed by atoms with Crippen molar-refractivity contribution in [2.24, 2.45) is 0 Å². The number of nitrogens with one attached hydrogen (secondary N) is 3. The van der Waals surface area contributed by atoms with Gasteiger partial charge in [0, 0.05) is 60.8 Å². The van der Waals surface area contributed by atoms with Gasteiger partial charge in [-0.1, -0.05) is 0 Å². The molecule has 16 heteroatoms. The molecule has 0 spiro atoms. The average molecular weight is 656 g/mol. The Morgan fingerprint density at radius 1 is 0.911 bits per heavy atom. The van der Waals surface area contributed by atoms with E-state index in [1.807, 2.05) is 6.07 Å². The molecule has 2 fully saturated rings. The summed E-state index contributed by atoms with van der Waals surface area (Å²) in [7, 11) is -6.91. The Morgan fingerprint density at radius 2 is 1.69 bits per heavy atom. The molecule has 0 saturated heterocycles. The first kappa shape index (κ1) is 31.0. The van der Waals surface area contributed by atoms with Gasteiger partial charge in [0.2, 0.25) is 0 Å². The molecule has 4 aromatic heterocycles. The van der Waals surface area contributed by atoms with E-state index < -0.39 is 25.1 Å². The summed E-state index contributed by atoms with van der Waals surface area (Å²) >= 11 is 0. The highest BCUT2D eigenvalue weighted by molar-refractivity contribution is 7.91. The van der Waals surface area contributed by atoms with Crippen molar-refractivity contribution in [3.05, 3.63) is 55.2 Å². The van der Waals surface area contributed by atoms with Gasteiger partial charge in [-0.3, -0.25) is 4.98 Å². The monoisotopic (exact) mass is 655 g/mol. The Hall–Kier alpha value is -4.02. The van der Waals surface area contributed by atoms with Crippen molar-refractivity contribution in [3.8, 4) is 22.6 Å². The zero-order valence-electron chi connectivity index (χ0n) is 24.6. The van der Waals surface area contributed by atoms with E-state index in [1.54, 1.807) is 24.5 Å². The van der Waals surface area contributed by atoms with Gasteiger partial charge in [-0.15, -0.1) is 0 Å². The van der Waals surface area contributed by atoms with Crippen LogP contribution < -0.4 is 16.0 Å². The van der Waals surface area contributed by atoms with Gasteiger partial charge >= 0.3 is 0 Å². The van der Waals surface area contributed by atoms with E-state index in [1.165, 1.54) is 24.7 Å². The maximum Gasteiger partial charge on any atom is 0.256 e. The highest BCUT2D eigenvalue weighted by Gasteiger charge is 2.37. The number of hydrogen-bond donors (Lipinski definition) is 3. The molecule has 0 bridgehead atoms. The fraction of sp³-hybridized carbons (Fsp3) is 0.414. The summed E-state index contributed by atoms with van der Waals surface area (Å²) in [5.41, 5.74) is 2.48. The minimum Gasteiger partial charge on any atom is -0.382 e. The van der Waals surface area contributed by atoms with Crippen molar-refractivity contribution in [1.82, 2.24) is 34.4 Å². The van der Waals surface area contributed by atoms with Crippen LogP contribution in [0.1, 0.15) is 38.5 Å². The lowest BCUT2D eigenvalue weighted by molar-refractivity contribution is 0.339. The molecular formula is C29H34FN9O4S2. The Balaban J connectivity index is 1.24. The number of nitrogens with zero attached hydrogens (tertiary/aromatic N) is 6. The average Bonchev–Trinajstić information content (AvgIpc) is 3.78. The minimum absolute atomic E-state index is 0.126. The first-order valence-corrected chi connectivity index (χ1v) is 18.1. The van der Waals surface area contributed by atoms with Crippen LogP contribution in [0.25, 0.3) is 22.6 Å². The second-order valence-corrected chi connectivity index (χ2v) is 15.4. The van der Waals surface area contributed by atoms with E-state index >= 15 is 0 Å². The summed E-state index contributed by atoms with van der Waals surface area (Å²) in [6.07, 6.45) is 13.4. The molecule has 2 aliphatic carbocycles. The zero-order valence-corrected chi connectivity index (χ0v) is 26.2. The SMILES string of the molecule is CS(=O)(=O)c1ccc(-c2cnc(Nc3ccnc(-c4cnn(S(=O)(=O)C5CC5)c4)n3)cc2NC2CCC(NCCF)CC2)nc1. The molecule has 238 valence electrons. The summed E-state index contributed by atoms with van der Waals surface area (Å²) in [5.74, 6) is 1.24. The number of alkyl halides is 1. The number of halogens is 1. The van der Waals surface area contributed by atoms with Crippen LogP contribution in [0.2, 0.25) is 0 Å². The quantitative estimate of drug-likeness (QED) is 0.203. The lowest BCUT2D eigenvalue weighted by Gasteiger charge is -2.31. The number of aromatic nitrogens is 6. The molecule has 6 rings (SSSR count). The molecule has 2 saturated carbocycles. The smallest absolute Gasteiger partial charge is 0.256 e. The summed E-state index contributed by atoms with van der Waals surface area (Å²) < 4.78 is 62.7. The third-order valence-electron chi connectivity index (χ3n) is 7.90. The summed E-state index contributed by atoms with van der Waals surface area (Å²) in [4.78, 5) is 18.0. The van der Waals surface area contributed by atoms with Crippen molar-refractivity contribution < 1.29 is 21.2 Å². The zero-order chi connectivity index (χ0) is 31.6. The molecule has 0 atom stereocenters. The van der Waals surface area contributed by atoms with Gasteiger partial charge in [-0.25, -0.2) is 36.2 Å². The molecule has 3 N–H and O–H groups in total. The van der Waals surface area contributed by atoms with Crippen molar-refractivity contribution in [2.45, 2.75) is 60.8 Å². The maximum atomic E-state index is 12.6. The first-order valence-electron chi connectivity index (χ1n) is 14.7. The highest BCUT2D eigenvalue weighted by Crippen LogP contribution is 2.33. The standard InChI is InChI=1S/C29H34FN9O4S2/c1-44(40,41)23-8-9-25(33-16-23)24-17-34-28(14-26(24)36-21-4-2-20(3-5-21)31-13-11-30)37-27-10-12-32-29(38-27)19-15-35-39(18-19)45(42,43)22-6-7-22/h8-10,12,14-18,20-22,31H,2-7,11,13H2,1H3,(H2,32,34,36,37,38). The van der Waals surface area contributed by atoms with E-state index in [-0.39, 0.29) is 23.7 Å². The molecule has 45 heavy (non-hydrogen) atoms. The van der Waals surface area contributed by atoms with Crippen LogP contribution in [0.3, 0.4) is 0 Å².